The third kappa shape index (κ3) is 1.38. The Balaban J connectivity index is 2.38. The van der Waals surface area contributed by atoms with Gasteiger partial charge in [0.25, 0.3) is 0 Å². The summed E-state index contributed by atoms with van der Waals surface area (Å²) >= 11 is 0. The van der Waals surface area contributed by atoms with Crippen LogP contribution in [0.25, 0.3) is 0 Å². The van der Waals surface area contributed by atoms with Crippen molar-refractivity contribution < 1.29 is 9.90 Å². The summed E-state index contributed by atoms with van der Waals surface area (Å²) in [6, 6.07) is 0. The molecular weight excluding hydrogens is 194 g/mol. The highest BCUT2D eigenvalue weighted by atomic mass is 16.4. The first kappa shape index (κ1) is 10.0. The second-order valence-corrected chi connectivity index (χ2v) is 4.17. The van der Waals surface area contributed by atoms with Crippen LogP contribution in [-0.4, -0.2) is 32.7 Å². The Morgan fingerprint density at radius 1 is 1.67 bits per heavy atom. The van der Waals surface area contributed by atoms with Gasteiger partial charge in [0.05, 0.1) is 0 Å². The van der Waals surface area contributed by atoms with Gasteiger partial charge in [-0.3, -0.25) is 0 Å². The summed E-state index contributed by atoms with van der Waals surface area (Å²) in [6.07, 6.45) is 5.09. The summed E-state index contributed by atoms with van der Waals surface area (Å²) < 4.78 is 1.85. The van der Waals surface area contributed by atoms with E-state index in [-0.39, 0.29) is 0 Å². The van der Waals surface area contributed by atoms with E-state index in [2.05, 4.69) is 4.98 Å². The summed E-state index contributed by atoms with van der Waals surface area (Å²) in [6.45, 7) is 2.52. The number of hydrogen-bond acceptors (Lipinski definition) is 3. The van der Waals surface area contributed by atoms with E-state index < -0.39 is 11.5 Å². The third-order valence-electron chi connectivity index (χ3n) is 3.14. The van der Waals surface area contributed by atoms with Crippen LogP contribution in [-0.2, 0) is 11.8 Å². The molecule has 82 valence electrons. The van der Waals surface area contributed by atoms with Crippen molar-refractivity contribution in [3.05, 3.63) is 12.4 Å². The van der Waals surface area contributed by atoms with Crippen molar-refractivity contribution in [2.24, 2.45) is 7.05 Å². The number of nitrogens with zero attached hydrogens (tertiary/aromatic N) is 3. The summed E-state index contributed by atoms with van der Waals surface area (Å²) in [4.78, 5) is 17.3. The number of carboxylic acids is 1. The topological polar surface area (TPSA) is 58.4 Å². The molecule has 1 aromatic heterocycles. The van der Waals surface area contributed by atoms with Gasteiger partial charge in [-0.25, -0.2) is 9.78 Å². The molecule has 1 aliphatic heterocycles. The lowest BCUT2D eigenvalue weighted by Gasteiger charge is -2.31. The first-order valence-corrected chi connectivity index (χ1v) is 5.04. The van der Waals surface area contributed by atoms with Gasteiger partial charge in [0, 0.05) is 26.0 Å². The van der Waals surface area contributed by atoms with Crippen LogP contribution < -0.4 is 4.90 Å². The molecule has 1 N–H and O–H groups in total. The lowest BCUT2D eigenvalue weighted by Crippen LogP contribution is -2.49. The second-order valence-electron chi connectivity index (χ2n) is 4.17. The Hall–Kier alpha value is -1.52. The number of aromatic nitrogens is 2. The maximum atomic E-state index is 11.3. The molecule has 0 radical (unpaired) electrons. The molecule has 1 atom stereocenters. The minimum atomic E-state index is -0.806. The van der Waals surface area contributed by atoms with Crippen molar-refractivity contribution in [3.63, 3.8) is 0 Å². The van der Waals surface area contributed by atoms with Gasteiger partial charge in [-0.05, 0) is 19.8 Å². The monoisotopic (exact) mass is 209 g/mol. The number of aryl methyl sites for hydroxylation is 1. The van der Waals surface area contributed by atoms with Gasteiger partial charge < -0.3 is 14.6 Å². The van der Waals surface area contributed by atoms with Crippen LogP contribution in [0.1, 0.15) is 19.8 Å². The van der Waals surface area contributed by atoms with Crippen LogP contribution in [0.15, 0.2) is 12.4 Å². The van der Waals surface area contributed by atoms with Crippen molar-refractivity contribution in [2.75, 3.05) is 11.4 Å². The Labute approximate surface area is 88.3 Å². The molecule has 0 aromatic carbocycles. The fourth-order valence-electron chi connectivity index (χ4n) is 2.12. The quantitative estimate of drug-likeness (QED) is 0.785. The largest absolute Gasteiger partial charge is 0.480 e. The van der Waals surface area contributed by atoms with Crippen LogP contribution in [0, 0.1) is 0 Å². The Morgan fingerprint density at radius 3 is 2.93 bits per heavy atom. The van der Waals surface area contributed by atoms with E-state index in [4.69, 9.17) is 0 Å². The standard InChI is InChI=1S/C10H15N3O2/c1-10(8(14)15)4-3-6-13(10)9-11-5-7-12(9)2/h5,7H,3-4,6H2,1-2H3,(H,14,15). The molecule has 5 nitrogen and oxygen atoms in total. The zero-order valence-electron chi connectivity index (χ0n) is 8.97. The van der Waals surface area contributed by atoms with Crippen molar-refractivity contribution in [1.29, 1.82) is 0 Å². The van der Waals surface area contributed by atoms with Crippen LogP contribution in [0.5, 0.6) is 0 Å². The van der Waals surface area contributed by atoms with E-state index in [1.807, 2.05) is 22.7 Å². The summed E-state index contributed by atoms with van der Waals surface area (Å²) in [5, 5.41) is 9.25. The first-order chi connectivity index (χ1) is 7.05. The molecule has 1 fully saturated rings. The van der Waals surface area contributed by atoms with Crippen molar-refractivity contribution in [3.8, 4) is 0 Å². The number of aliphatic carboxylic acids is 1. The SMILES string of the molecule is Cn1ccnc1N1CCCC1(C)C(=O)O. The zero-order valence-corrected chi connectivity index (χ0v) is 8.97. The molecule has 1 saturated heterocycles. The Bertz CT molecular complexity index is 388. The minimum absolute atomic E-state index is 0.676. The van der Waals surface area contributed by atoms with E-state index in [1.54, 1.807) is 13.1 Å². The average molecular weight is 209 g/mol. The van der Waals surface area contributed by atoms with Crippen molar-refractivity contribution in [2.45, 2.75) is 25.3 Å². The highest BCUT2D eigenvalue weighted by molar-refractivity contribution is 5.83. The molecule has 15 heavy (non-hydrogen) atoms. The van der Waals surface area contributed by atoms with E-state index >= 15 is 0 Å². The smallest absolute Gasteiger partial charge is 0.329 e. The highest BCUT2D eigenvalue weighted by Crippen LogP contribution is 2.32. The molecule has 1 aromatic rings. The minimum Gasteiger partial charge on any atom is -0.480 e. The first-order valence-electron chi connectivity index (χ1n) is 5.04. The molecule has 0 amide bonds. The maximum absolute atomic E-state index is 11.3. The molecule has 1 unspecified atom stereocenters. The third-order valence-corrected chi connectivity index (χ3v) is 3.14. The average Bonchev–Trinajstić information content (AvgIpc) is 2.72. The van der Waals surface area contributed by atoms with Gasteiger partial charge in [0.2, 0.25) is 5.95 Å². The van der Waals surface area contributed by atoms with Crippen LogP contribution >= 0.6 is 0 Å². The molecule has 2 rings (SSSR count). The molecule has 0 bridgehead atoms. The van der Waals surface area contributed by atoms with E-state index in [9.17, 15) is 9.90 Å². The van der Waals surface area contributed by atoms with Gasteiger partial charge in [0.15, 0.2) is 0 Å². The lowest BCUT2D eigenvalue weighted by molar-refractivity contribution is -0.142. The number of anilines is 1. The van der Waals surface area contributed by atoms with Crippen molar-refractivity contribution in [1.82, 2.24) is 9.55 Å². The van der Waals surface area contributed by atoms with Gasteiger partial charge in [-0.2, -0.15) is 0 Å². The number of hydrogen-bond donors (Lipinski definition) is 1. The van der Waals surface area contributed by atoms with Crippen LogP contribution in [0.4, 0.5) is 5.95 Å². The molecular formula is C10H15N3O2. The van der Waals surface area contributed by atoms with Crippen LogP contribution in [0.2, 0.25) is 0 Å². The van der Waals surface area contributed by atoms with E-state index in [1.165, 1.54) is 0 Å². The normalized spacial score (nSPS) is 25.9. The highest BCUT2D eigenvalue weighted by Gasteiger charge is 2.44. The van der Waals surface area contributed by atoms with Gasteiger partial charge in [-0.15, -0.1) is 0 Å². The zero-order chi connectivity index (χ0) is 11.1. The van der Waals surface area contributed by atoms with Gasteiger partial charge >= 0.3 is 5.97 Å². The van der Waals surface area contributed by atoms with Gasteiger partial charge in [-0.1, -0.05) is 0 Å². The summed E-state index contributed by atoms with van der Waals surface area (Å²) in [7, 11) is 1.88. The Kier molecular flexibility index (Phi) is 2.17. The van der Waals surface area contributed by atoms with E-state index in [0.29, 0.717) is 6.42 Å². The number of imidazole rings is 1. The molecule has 0 spiro atoms. The molecule has 1 aliphatic rings. The number of rotatable bonds is 2. The molecule has 0 saturated carbocycles. The summed E-state index contributed by atoms with van der Waals surface area (Å²) in [5.74, 6) is -0.0413. The van der Waals surface area contributed by atoms with E-state index in [0.717, 1.165) is 18.9 Å². The van der Waals surface area contributed by atoms with Crippen LogP contribution in [0.3, 0.4) is 0 Å². The molecule has 0 aliphatic carbocycles. The molecule has 2 heterocycles. The van der Waals surface area contributed by atoms with Gasteiger partial charge in [0.1, 0.15) is 5.54 Å². The van der Waals surface area contributed by atoms with Crippen molar-refractivity contribution >= 4 is 11.9 Å². The predicted molar refractivity (Wildman–Crippen MR) is 55.8 cm³/mol. The Morgan fingerprint density at radius 2 is 2.40 bits per heavy atom. The fourth-order valence-corrected chi connectivity index (χ4v) is 2.12. The lowest BCUT2D eigenvalue weighted by atomic mass is 10.00. The number of carbonyl (C=O) groups is 1. The second kappa shape index (κ2) is 3.25. The summed E-state index contributed by atoms with van der Waals surface area (Å²) in [5.41, 5.74) is -0.806. The predicted octanol–water partition coefficient (Wildman–Crippen LogP) is 0.864. The number of carboxylic acid groups (broad SMARTS) is 1. The maximum Gasteiger partial charge on any atom is 0.329 e. The fraction of sp³-hybridized carbons (Fsp3) is 0.600. The molecule has 5 heteroatoms.